The Kier molecular flexibility index (Phi) is 7.54. The van der Waals surface area contributed by atoms with Gasteiger partial charge in [0.25, 0.3) is 5.91 Å². The highest BCUT2D eigenvalue weighted by Crippen LogP contribution is 2.24. The van der Waals surface area contributed by atoms with E-state index < -0.39 is 0 Å². The van der Waals surface area contributed by atoms with Crippen LogP contribution < -0.4 is 4.80 Å². The van der Waals surface area contributed by atoms with Crippen LogP contribution in [0.15, 0.2) is 28.1 Å². The van der Waals surface area contributed by atoms with E-state index in [4.69, 9.17) is 4.74 Å². The molecule has 2 rings (SSSR count). The molecule has 0 bridgehead atoms. The number of nitrogens with zero attached hydrogens (tertiary/aromatic N) is 2. The van der Waals surface area contributed by atoms with Crippen molar-refractivity contribution in [3.8, 4) is 0 Å². The fraction of sp³-hybridized carbons (Fsp3) is 0.438. The Morgan fingerprint density at radius 1 is 1.38 bits per heavy atom. The molecule has 0 atom stereocenters. The third-order valence-electron chi connectivity index (χ3n) is 3.17. The summed E-state index contributed by atoms with van der Waals surface area (Å²) in [5, 5.41) is -0.0799. The number of carbonyl (C=O) groups is 2. The minimum Gasteiger partial charge on any atom is -0.380 e. The zero-order chi connectivity index (χ0) is 17.5. The monoisotopic (exact) mass is 384 g/mol. The number of aromatic nitrogens is 1. The third kappa shape index (κ3) is 5.20. The van der Waals surface area contributed by atoms with E-state index >= 15 is 0 Å². The van der Waals surface area contributed by atoms with Gasteiger partial charge in [-0.2, -0.15) is 4.99 Å². The lowest BCUT2D eigenvalue weighted by Gasteiger charge is -2.05. The van der Waals surface area contributed by atoms with Crippen molar-refractivity contribution in [1.82, 2.24) is 4.57 Å². The smallest absolute Gasteiger partial charge is 0.258 e. The fourth-order valence-corrected chi connectivity index (χ4v) is 4.10. The van der Waals surface area contributed by atoms with E-state index in [9.17, 15) is 9.59 Å². The Labute approximate surface area is 153 Å². The molecule has 24 heavy (non-hydrogen) atoms. The normalized spacial score (nSPS) is 12.0. The molecule has 1 aromatic heterocycles. The number of hydrogen-bond acceptors (Lipinski definition) is 6. The molecular weight excluding hydrogens is 364 g/mol. The first kappa shape index (κ1) is 19.2. The zero-order valence-electron chi connectivity index (χ0n) is 13.9. The molecule has 0 unspecified atom stereocenters. The summed E-state index contributed by atoms with van der Waals surface area (Å²) in [7, 11) is 0. The lowest BCUT2D eigenvalue weighted by Crippen LogP contribution is -2.20. The number of amides is 1. The largest absolute Gasteiger partial charge is 0.380 e. The van der Waals surface area contributed by atoms with Crippen LogP contribution >= 0.6 is 34.9 Å². The topological polar surface area (TPSA) is 60.7 Å². The lowest BCUT2D eigenvalue weighted by molar-refractivity contribution is -0.116. The van der Waals surface area contributed by atoms with Gasteiger partial charge in [-0.25, -0.2) is 0 Å². The SMILES string of the molecule is CCOCCn1c(=NC(=O)CSC(C)=O)sc2cc(SC)ccc21. The van der Waals surface area contributed by atoms with Crippen molar-refractivity contribution in [2.24, 2.45) is 4.99 Å². The maximum atomic E-state index is 12.0. The number of hydrogen-bond donors (Lipinski definition) is 0. The van der Waals surface area contributed by atoms with Crippen LogP contribution in [0.3, 0.4) is 0 Å². The van der Waals surface area contributed by atoms with Gasteiger partial charge in [0.1, 0.15) is 0 Å². The van der Waals surface area contributed by atoms with Gasteiger partial charge in [0.2, 0.25) is 0 Å². The van der Waals surface area contributed by atoms with Gasteiger partial charge in [0, 0.05) is 25.0 Å². The zero-order valence-corrected chi connectivity index (χ0v) is 16.4. The number of benzene rings is 1. The molecule has 0 radical (unpaired) electrons. The maximum Gasteiger partial charge on any atom is 0.258 e. The molecule has 0 aliphatic carbocycles. The maximum absolute atomic E-state index is 12.0. The first-order valence-electron chi connectivity index (χ1n) is 7.51. The summed E-state index contributed by atoms with van der Waals surface area (Å²) in [6, 6.07) is 6.22. The first-order valence-corrected chi connectivity index (χ1v) is 10.5. The molecule has 1 aromatic carbocycles. The van der Waals surface area contributed by atoms with Crippen LogP contribution in [0.5, 0.6) is 0 Å². The Morgan fingerprint density at radius 2 is 2.17 bits per heavy atom. The van der Waals surface area contributed by atoms with E-state index in [1.807, 2.05) is 17.7 Å². The summed E-state index contributed by atoms with van der Waals surface area (Å²) >= 11 is 4.15. The molecule has 130 valence electrons. The summed E-state index contributed by atoms with van der Waals surface area (Å²) in [4.78, 5) is 29.0. The highest BCUT2D eigenvalue weighted by atomic mass is 32.2. The van der Waals surface area contributed by atoms with Crippen molar-refractivity contribution in [2.45, 2.75) is 25.3 Å². The minimum atomic E-state index is -0.294. The van der Waals surface area contributed by atoms with Gasteiger partial charge in [-0.15, -0.1) is 11.8 Å². The van der Waals surface area contributed by atoms with Crippen molar-refractivity contribution < 1.29 is 14.3 Å². The molecule has 1 amide bonds. The Morgan fingerprint density at radius 3 is 2.83 bits per heavy atom. The molecule has 0 N–H and O–H groups in total. The number of carbonyl (C=O) groups excluding carboxylic acids is 2. The average Bonchev–Trinajstić information content (AvgIpc) is 2.89. The number of thiazole rings is 1. The summed E-state index contributed by atoms with van der Waals surface area (Å²) in [5.74, 6) is -0.220. The van der Waals surface area contributed by atoms with Crippen LogP contribution in [0.2, 0.25) is 0 Å². The predicted octanol–water partition coefficient (Wildman–Crippen LogP) is 3.17. The van der Waals surface area contributed by atoms with Gasteiger partial charge < -0.3 is 9.30 Å². The fourth-order valence-electron chi connectivity index (χ4n) is 2.08. The molecular formula is C16H20N2O3S3. The highest BCUT2D eigenvalue weighted by Gasteiger charge is 2.09. The van der Waals surface area contributed by atoms with E-state index in [-0.39, 0.29) is 16.8 Å². The van der Waals surface area contributed by atoms with Gasteiger partial charge in [-0.05, 0) is 31.4 Å². The number of ether oxygens (including phenoxy) is 1. The second-order valence-electron chi connectivity index (χ2n) is 4.85. The average molecular weight is 385 g/mol. The summed E-state index contributed by atoms with van der Waals surface area (Å²) in [6.07, 6.45) is 2.03. The molecule has 2 aromatic rings. The summed E-state index contributed by atoms with van der Waals surface area (Å²) in [5.41, 5.74) is 1.04. The summed E-state index contributed by atoms with van der Waals surface area (Å²) in [6.45, 7) is 5.26. The van der Waals surface area contributed by atoms with Crippen LogP contribution in [0, 0.1) is 0 Å². The Hall–Kier alpha value is -1.09. The van der Waals surface area contributed by atoms with E-state index in [0.29, 0.717) is 24.6 Å². The third-order valence-corrected chi connectivity index (χ3v) is 5.74. The highest BCUT2D eigenvalue weighted by molar-refractivity contribution is 8.14. The van der Waals surface area contributed by atoms with Crippen LogP contribution in [-0.4, -0.2) is 40.8 Å². The molecule has 0 aliphatic heterocycles. The van der Waals surface area contributed by atoms with Gasteiger partial charge in [0.05, 0.1) is 22.6 Å². The van der Waals surface area contributed by atoms with E-state index in [1.165, 1.54) is 23.2 Å². The van der Waals surface area contributed by atoms with Gasteiger partial charge >= 0.3 is 0 Å². The number of fused-ring (bicyclic) bond motifs is 1. The van der Waals surface area contributed by atoms with Crippen LogP contribution in [0.4, 0.5) is 0 Å². The summed E-state index contributed by atoms with van der Waals surface area (Å²) < 4.78 is 8.54. The van der Waals surface area contributed by atoms with Crippen molar-refractivity contribution in [2.75, 3.05) is 25.2 Å². The van der Waals surface area contributed by atoms with Crippen LogP contribution in [0.25, 0.3) is 10.2 Å². The second-order valence-corrected chi connectivity index (χ2v) is 7.89. The van der Waals surface area contributed by atoms with Crippen LogP contribution in [-0.2, 0) is 20.9 Å². The standard InChI is InChI=1S/C16H20N2O3S3/c1-4-21-8-7-18-13-6-5-12(22-3)9-14(13)24-16(18)17-15(20)10-23-11(2)19/h5-6,9H,4,7-8,10H2,1-3H3. The molecule has 0 spiro atoms. The van der Waals surface area contributed by atoms with Gasteiger partial charge in [-0.3, -0.25) is 9.59 Å². The molecule has 5 nitrogen and oxygen atoms in total. The molecule has 0 saturated heterocycles. The Bertz CT molecular complexity index is 795. The quantitative estimate of drug-likeness (QED) is 0.542. The van der Waals surface area contributed by atoms with Crippen molar-refractivity contribution in [3.05, 3.63) is 23.0 Å². The second kappa shape index (κ2) is 9.41. The molecule has 0 aliphatic rings. The van der Waals surface area contributed by atoms with Gasteiger partial charge in [0.15, 0.2) is 9.92 Å². The van der Waals surface area contributed by atoms with Crippen molar-refractivity contribution >= 4 is 56.1 Å². The molecule has 0 saturated carbocycles. The van der Waals surface area contributed by atoms with Crippen LogP contribution in [0.1, 0.15) is 13.8 Å². The first-order chi connectivity index (χ1) is 11.5. The van der Waals surface area contributed by atoms with Crippen molar-refractivity contribution in [3.63, 3.8) is 0 Å². The Balaban J connectivity index is 2.39. The minimum absolute atomic E-state index is 0.0745. The molecule has 1 heterocycles. The lowest BCUT2D eigenvalue weighted by atomic mass is 10.3. The molecule has 0 fully saturated rings. The van der Waals surface area contributed by atoms with E-state index in [1.54, 1.807) is 11.8 Å². The predicted molar refractivity (Wildman–Crippen MR) is 102 cm³/mol. The van der Waals surface area contributed by atoms with Gasteiger partial charge in [-0.1, -0.05) is 23.1 Å². The number of rotatable bonds is 7. The number of thioether (sulfide) groups is 2. The van der Waals surface area contributed by atoms with E-state index in [0.717, 1.165) is 22.0 Å². The molecule has 8 heteroatoms. The van der Waals surface area contributed by atoms with E-state index in [2.05, 4.69) is 23.2 Å². The van der Waals surface area contributed by atoms with Crippen molar-refractivity contribution in [1.29, 1.82) is 0 Å².